The average molecular weight is 403 g/mol. The first-order chi connectivity index (χ1) is 13.7. The van der Waals surface area contributed by atoms with Crippen molar-refractivity contribution in [3.63, 3.8) is 0 Å². The van der Waals surface area contributed by atoms with Crippen LogP contribution < -0.4 is 0 Å². The van der Waals surface area contributed by atoms with Gasteiger partial charge in [0.2, 0.25) is 0 Å². The Hall–Kier alpha value is -1.19. The Bertz CT molecular complexity index is 714. The number of carbonyl (C=O) groups excluding carboxylic acids is 3. The summed E-state index contributed by atoms with van der Waals surface area (Å²) in [6.45, 7) is 6.58. The fourth-order valence-electron chi connectivity index (χ4n) is 8.89. The molecule has 0 aromatic heterocycles. The molecule has 4 aliphatic carbocycles. The van der Waals surface area contributed by atoms with Crippen molar-refractivity contribution in [2.24, 2.45) is 39.9 Å². The van der Waals surface area contributed by atoms with Gasteiger partial charge in [0.25, 0.3) is 0 Å². The zero-order valence-corrected chi connectivity index (χ0v) is 18.7. The number of rotatable bonds is 4. The van der Waals surface area contributed by atoms with Gasteiger partial charge in [-0.05, 0) is 92.3 Å². The number of methoxy groups -OCH3 is 1. The zero-order chi connectivity index (χ0) is 21.0. The smallest absolute Gasteiger partial charge is 0.305 e. The molecule has 4 rings (SSSR count). The molecule has 162 valence electrons. The largest absolute Gasteiger partial charge is 0.469 e. The fourth-order valence-corrected chi connectivity index (χ4v) is 8.89. The molecule has 0 aromatic carbocycles. The van der Waals surface area contributed by atoms with Gasteiger partial charge in [0.05, 0.1) is 7.11 Å². The van der Waals surface area contributed by atoms with Crippen LogP contribution in [-0.4, -0.2) is 24.6 Å². The van der Waals surface area contributed by atoms with Crippen LogP contribution in [0.4, 0.5) is 0 Å². The summed E-state index contributed by atoms with van der Waals surface area (Å²) >= 11 is 0. The molecule has 0 unspecified atom stereocenters. The van der Waals surface area contributed by atoms with Crippen molar-refractivity contribution in [3.8, 4) is 0 Å². The molecule has 4 aliphatic rings. The monoisotopic (exact) mass is 402 g/mol. The third-order valence-corrected chi connectivity index (χ3v) is 10.5. The maximum absolute atomic E-state index is 12.6. The normalized spacial score (nSPS) is 46.4. The first-order valence-corrected chi connectivity index (χ1v) is 11.8. The summed E-state index contributed by atoms with van der Waals surface area (Å²) in [5.41, 5.74) is 0.280. The van der Waals surface area contributed by atoms with Crippen LogP contribution in [0.3, 0.4) is 0 Å². The molecule has 29 heavy (non-hydrogen) atoms. The van der Waals surface area contributed by atoms with Gasteiger partial charge >= 0.3 is 5.97 Å². The number of ether oxygens (including phenoxy) is 1. The van der Waals surface area contributed by atoms with Gasteiger partial charge in [-0.25, -0.2) is 0 Å². The second-order valence-corrected chi connectivity index (χ2v) is 11.1. The van der Waals surface area contributed by atoms with E-state index in [9.17, 15) is 14.4 Å². The SMILES string of the molecule is COC(=O)CC[C@]12CC[C@H](C(C)=O)[C@@]1(C)CC[C@H]1[C@H]2CC[C@@H]2CC(=O)CC[C@@]21C. The van der Waals surface area contributed by atoms with Gasteiger partial charge in [0.15, 0.2) is 0 Å². The summed E-state index contributed by atoms with van der Waals surface area (Å²) in [5, 5.41) is 0. The van der Waals surface area contributed by atoms with E-state index in [-0.39, 0.29) is 28.1 Å². The molecule has 4 heteroatoms. The van der Waals surface area contributed by atoms with E-state index in [1.54, 1.807) is 6.92 Å². The number of hydrogen-bond donors (Lipinski definition) is 0. The van der Waals surface area contributed by atoms with Crippen molar-refractivity contribution in [2.45, 2.75) is 91.4 Å². The van der Waals surface area contributed by atoms with Crippen molar-refractivity contribution < 1.29 is 19.1 Å². The summed E-state index contributed by atoms with van der Waals surface area (Å²) in [6.07, 6.45) is 10.4. The summed E-state index contributed by atoms with van der Waals surface area (Å²) in [5.74, 6) is 2.48. The van der Waals surface area contributed by atoms with E-state index < -0.39 is 0 Å². The van der Waals surface area contributed by atoms with E-state index in [2.05, 4.69) is 13.8 Å². The molecule has 0 aliphatic heterocycles. The Morgan fingerprint density at radius 1 is 1.03 bits per heavy atom. The van der Waals surface area contributed by atoms with Crippen LogP contribution in [0.2, 0.25) is 0 Å². The predicted octanol–water partition coefficient (Wildman–Crippen LogP) is 5.13. The molecule has 0 saturated heterocycles. The molecule has 0 bridgehead atoms. The van der Waals surface area contributed by atoms with Gasteiger partial charge in [-0.1, -0.05) is 13.8 Å². The van der Waals surface area contributed by atoms with Gasteiger partial charge in [-0.3, -0.25) is 14.4 Å². The van der Waals surface area contributed by atoms with Gasteiger partial charge in [-0.2, -0.15) is 0 Å². The van der Waals surface area contributed by atoms with E-state index >= 15 is 0 Å². The summed E-state index contributed by atoms with van der Waals surface area (Å²) in [6, 6.07) is 0. The van der Waals surface area contributed by atoms with Gasteiger partial charge in [-0.15, -0.1) is 0 Å². The molecule has 4 nitrogen and oxygen atoms in total. The minimum atomic E-state index is -0.127. The molecule has 0 amide bonds. The first kappa shape index (κ1) is 21.1. The molecule has 0 radical (unpaired) electrons. The molecule has 0 spiro atoms. The minimum Gasteiger partial charge on any atom is -0.469 e. The molecule has 0 heterocycles. The number of carbonyl (C=O) groups is 3. The summed E-state index contributed by atoms with van der Waals surface area (Å²) < 4.78 is 5.00. The number of fused-ring (bicyclic) bond motifs is 5. The highest BCUT2D eigenvalue weighted by atomic mass is 16.5. The lowest BCUT2D eigenvalue weighted by atomic mass is 9.39. The number of hydrogen-bond acceptors (Lipinski definition) is 4. The first-order valence-electron chi connectivity index (χ1n) is 11.8. The standard InChI is InChI=1S/C25H38O4/c1-16(26)19-9-13-25(14-10-22(28)29-4)21-6-5-17-15-18(27)7-11-23(17,2)20(21)8-12-24(19,25)3/h17,19-21H,5-15H2,1-4H3/t17-,19-,20+,21-,23+,24-,25+/m1/s1. The molecular formula is C25H38O4. The van der Waals surface area contributed by atoms with Gasteiger partial charge < -0.3 is 4.74 Å². The van der Waals surface area contributed by atoms with Crippen LogP contribution in [0.5, 0.6) is 0 Å². The van der Waals surface area contributed by atoms with Crippen LogP contribution in [-0.2, 0) is 19.1 Å². The summed E-state index contributed by atoms with van der Waals surface area (Å²) in [7, 11) is 1.47. The third kappa shape index (κ3) is 2.95. The van der Waals surface area contributed by atoms with E-state index in [4.69, 9.17) is 4.74 Å². The molecular weight excluding hydrogens is 364 g/mol. The third-order valence-electron chi connectivity index (χ3n) is 10.5. The van der Waals surface area contributed by atoms with Crippen LogP contribution in [0.15, 0.2) is 0 Å². The second-order valence-electron chi connectivity index (χ2n) is 11.1. The quantitative estimate of drug-likeness (QED) is 0.612. The van der Waals surface area contributed by atoms with E-state index in [1.807, 2.05) is 0 Å². The van der Waals surface area contributed by atoms with E-state index in [0.717, 1.165) is 57.8 Å². The molecule has 4 fully saturated rings. The zero-order valence-electron chi connectivity index (χ0n) is 18.7. The van der Waals surface area contributed by atoms with E-state index in [0.29, 0.717) is 35.7 Å². The molecule has 0 aromatic rings. The van der Waals surface area contributed by atoms with Crippen LogP contribution in [0.1, 0.15) is 91.4 Å². The highest BCUT2D eigenvalue weighted by Gasteiger charge is 2.67. The maximum atomic E-state index is 12.6. The topological polar surface area (TPSA) is 60.4 Å². The lowest BCUT2D eigenvalue weighted by molar-refractivity contribution is -0.172. The Morgan fingerprint density at radius 2 is 1.79 bits per heavy atom. The molecule has 7 atom stereocenters. The van der Waals surface area contributed by atoms with Crippen molar-refractivity contribution in [1.29, 1.82) is 0 Å². The van der Waals surface area contributed by atoms with Gasteiger partial charge in [0.1, 0.15) is 11.6 Å². The van der Waals surface area contributed by atoms with Crippen molar-refractivity contribution in [3.05, 3.63) is 0 Å². The van der Waals surface area contributed by atoms with E-state index in [1.165, 1.54) is 13.5 Å². The van der Waals surface area contributed by atoms with Crippen molar-refractivity contribution in [1.82, 2.24) is 0 Å². The fraction of sp³-hybridized carbons (Fsp3) is 0.880. The molecule has 4 saturated carbocycles. The Balaban J connectivity index is 1.72. The Labute approximate surface area is 175 Å². The van der Waals surface area contributed by atoms with Crippen molar-refractivity contribution >= 4 is 17.5 Å². The van der Waals surface area contributed by atoms with Crippen molar-refractivity contribution in [2.75, 3.05) is 7.11 Å². The van der Waals surface area contributed by atoms with Gasteiger partial charge in [0, 0.05) is 25.2 Å². The summed E-state index contributed by atoms with van der Waals surface area (Å²) in [4.78, 5) is 36.9. The van der Waals surface area contributed by atoms with Crippen LogP contribution in [0, 0.1) is 39.9 Å². The second kappa shape index (κ2) is 7.20. The number of Topliss-reactive ketones (excluding diaryl/α,β-unsaturated/α-hetero) is 2. The Morgan fingerprint density at radius 3 is 2.48 bits per heavy atom. The average Bonchev–Trinajstić information content (AvgIpc) is 3.00. The lowest BCUT2D eigenvalue weighted by Gasteiger charge is -2.65. The highest BCUT2D eigenvalue weighted by Crippen LogP contribution is 2.74. The van der Waals surface area contributed by atoms with Crippen LogP contribution in [0.25, 0.3) is 0 Å². The Kier molecular flexibility index (Phi) is 5.23. The maximum Gasteiger partial charge on any atom is 0.305 e. The number of esters is 1. The lowest BCUT2D eigenvalue weighted by Crippen LogP contribution is -2.59. The molecule has 0 N–H and O–H groups in total. The predicted molar refractivity (Wildman–Crippen MR) is 111 cm³/mol. The minimum absolute atomic E-state index is 0.0122. The van der Waals surface area contributed by atoms with Crippen LogP contribution >= 0.6 is 0 Å². The number of ketones is 2. The highest BCUT2D eigenvalue weighted by molar-refractivity contribution is 5.80.